The SMILES string of the molecule is CC(C)(C)c1cc2c(cc1-c1ccccc1[Si](C)(C)C)[cH-]c1cc(-c3ccccc3[Si](C)(C)C)c(C(C)(C)C)cc12.Cl.Cl.[C-]1=CC=CC1.[Zr+2]=[C](Cc1ccccc1)Cc1ccccc1. The average Bonchev–Trinajstić information content (AvgIpc) is 3.92. The number of hydrogen-bond acceptors (Lipinski definition) is 0. The Hall–Kier alpha value is -3.56. The van der Waals surface area contributed by atoms with Crippen molar-refractivity contribution >= 4 is 76.1 Å². The average molecular weight is 998 g/mol. The molecule has 0 unspecified atom stereocenters. The van der Waals surface area contributed by atoms with Crippen LogP contribution in [0, 0.1) is 6.08 Å². The van der Waals surface area contributed by atoms with Crippen LogP contribution in [-0.2, 0) is 47.9 Å². The van der Waals surface area contributed by atoms with Crippen molar-refractivity contribution in [3.8, 4) is 22.3 Å². The van der Waals surface area contributed by atoms with E-state index in [2.05, 4.69) is 233 Å². The number of allylic oxidation sites excluding steroid dienone is 4. The van der Waals surface area contributed by atoms with E-state index in [0.29, 0.717) is 0 Å². The van der Waals surface area contributed by atoms with Gasteiger partial charge < -0.3 is 0 Å². The van der Waals surface area contributed by atoms with Gasteiger partial charge in [-0.3, -0.25) is 6.08 Å². The van der Waals surface area contributed by atoms with Gasteiger partial charge in [0.25, 0.3) is 0 Å². The number of halogens is 2. The molecule has 0 nitrogen and oxygen atoms in total. The molecule has 1 aliphatic rings. The quantitative estimate of drug-likeness (QED) is 0.105. The number of fused-ring (bicyclic) bond motifs is 3. The number of benzene rings is 6. The monoisotopic (exact) mass is 994 g/mol. The standard InChI is InChI=1S/C39H49Si2.C15H14.C5H5.2ClH.Zr/c1-38(2,3)34-24-30-26(22-32(34)28-17-13-15-19-36(28)40(7,8)9)21-27-23-33(35(25-31(27)30)39(4,5)6)29-18-14-16-20-37(29)41(10,11)12;1-3-8-14(9-4-1)12-7-13-15-10-5-2-6-11-15;1-2-4-5-3-1;;;/h13-25H,1-12H3;1-6,8-11H,12-13H2;1-3H,4H2;2*1H;/q-1;;-1;;;+2. The summed E-state index contributed by atoms with van der Waals surface area (Å²) >= 11 is 1.55. The fourth-order valence-corrected chi connectivity index (χ4v) is 12.9. The second-order valence-corrected chi connectivity index (χ2v) is 33.0. The van der Waals surface area contributed by atoms with E-state index in [4.69, 9.17) is 0 Å². The van der Waals surface area contributed by atoms with Crippen molar-refractivity contribution in [2.24, 2.45) is 0 Å². The van der Waals surface area contributed by atoms with Crippen LogP contribution in [0.4, 0.5) is 0 Å². The Morgan fingerprint density at radius 1 is 0.531 bits per heavy atom. The first-order valence-corrected chi connectivity index (χ1v) is 30.7. The van der Waals surface area contributed by atoms with Crippen LogP contribution < -0.4 is 10.4 Å². The number of rotatable bonds is 8. The van der Waals surface area contributed by atoms with E-state index in [9.17, 15) is 0 Å². The van der Waals surface area contributed by atoms with Gasteiger partial charge in [-0.25, -0.2) is 12.2 Å². The summed E-state index contributed by atoms with van der Waals surface area (Å²) in [6, 6.07) is 52.2. The van der Waals surface area contributed by atoms with Crippen molar-refractivity contribution in [3.63, 3.8) is 0 Å². The Labute approximate surface area is 416 Å². The summed E-state index contributed by atoms with van der Waals surface area (Å²) in [7, 11) is -3.07. The zero-order valence-electron chi connectivity index (χ0n) is 40.4. The normalized spacial score (nSPS) is 12.5. The Bertz CT molecular complexity index is 2510. The van der Waals surface area contributed by atoms with Crippen molar-refractivity contribution in [1.82, 2.24) is 0 Å². The Kier molecular flexibility index (Phi) is 18.5. The van der Waals surface area contributed by atoms with Gasteiger partial charge in [0, 0.05) is 0 Å². The molecule has 0 bridgehead atoms. The summed E-state index contributed by atoms with van der Waals surface area (Å²) in [6.45, 7) is 29.0. The fraction of sp³-hybridized carbons (Fsp3) is 0.288. The van der Waals surface area contributed by atoms with Crippen LogP contribution in [0.25, 0.3) is 43.8 Å². The summed E-state index contributed by atoms with van der Waals surface area (Å²) in [5, 5.41) is 8.56. The molecule has 0 saturated carbocycles. The molecule has 1 aliphatic carbocycles. The van der Waals surface area contributed by atoms with E-state index in [1.807, 2.05) is 12.2 Å². The Morgan fingerprint density at radius 3 is 1.22 bits per heavy atom. The fourth-order valence-electron chi connectivity index (χ4n) is 8.62. The van der Waals surface area contributed by atoms with Gasteiger partial charge in [0.05, 0.1) is 16.1 Å². The third kappa shape index (κ3) is 13.5. The van der Waals surface area contributed by atoms with Crippen molar-refractivity contribution in [2.45, 2.75) is 111 Å². The Morgan fingerprint density at radius 2 is 0.906 bits per heavy atom. The third-order valence-corrected chi connectivity index (χ3v) is 16.7. The zero-order valence-corrected chi connectivity index (χ0v) is 46.5. The zero-order chi connectivity index (χ0) is 44.9. The first-order valence-electron chi connectivity index (χ1n) is 22.5. The van der Waals surface area contributed by atoms with Crippen molar-refractivity contribution in [1.29, 1.82) is 0 Å². The van der Waals surface area contributed by atoms with Gasteiger partial charge in [0.1, 0.15) is 0 Å². The molecule has 0 atom stereocenters. The van der Waals surface area contributed by atoms with Crippen LogP contribution in [0.1, 0.15) is 70.2 Å². The summed E-state index contributed by atoms with van der Waals surface area (Å²) in [5.41, 5.74) is 11.4. The molecule has 0 fully saturated rings. The van der Waals surface area contributed by atoms with E-state index in [-0.39, 0.29) is 35.6 Å². The molecular weight excluding hydrogens is 927 g/mol. The van der Waals surface area contributed by atoms with E-state index < -0.39 is 16.1 Å². The Balaban J connectivity index is 0.000000321. The van der Waals surface area contributed by atoms with Gasteiger partial charge in [-0.1, -0.05) is 152 Å². The van der Waals surface area contributed by atoms with Crippen molar-refractivity contribution in [2.75, 3.05) is 0 Å². The number of hydrogen-bond donors (Lipinski definition) is 0. The molecule has 7 aromatic carbocycles. The molecule has 0 radical (unpaired) electrons. The molecule has 0 heterocycles. The molecule has 0 amide bonds. The van der Waals surface area contributed by atoms with E-state index in [1.165, 1.54) is 66.1 Å². The van der Waals surface area contributed by atoms with Crippen LogP contribution in [0.3, 0.4) is 0 Å². The molecule has 8 rings (SSSR count). The molecule has 64 heavy (non-hydrogen) atoms. The second kappa shape index (κ2) is 22.3. The molecule has 0 N–H and O–H groups in total. The predicted molar refractivity (Wildman–Crippen MR) is 293 cm³/mol. The third-order valence-electron chi connectivity index (χ3n) is 11.8. The molecule has 5 heteroatoms. The van der Waals surface area contributed by atoms with Gasteiger partial charge in [-0.05, 0) is 44.2 Å². The van der Waals surface area contributed by atoms with E-state index >= 15 is 0 Å². The van der Waals surface area contributed by atoms with Crippen LogP contribution >= 0.6 is 24.8 Å². The maximum absolute atomic E-state index is 2.99. The summed E-state index contributed by atoms with van der Waals surface area (Å²) < 4.78 is 1.60. The minimum atomic E-state index is -1.53. The van der Waals surface area contributed by atoms with E-state index in [0.717, 1.165) is 19.3 Å². The molecule has 0 aliphatic heterocycles. The van der Waals surface area contributed by atoms with E-state index in [1.54, 1.807) is 37.8 Å². The first kappa shape index (κ1) is 53.1. The van der Waals surface area contributed by atoms with Crippen molar-refractivity contribution in [3.05, 3.63) is 186 Å². The van der Waals surface area contributed by atoms with Gasteiger partial charge in [-0.2, -0.15) is 6.08 Å². The molecule has 332 valence electrons. The minimum absolute atomic E-state index is 0. The molecule has 0 aromatic heterocycles. The summed E-state index contributed by atoms with van der Waals surface area (Å²) in [6.07, 6.45) is 12.2. The molecule has 7 aromatic rings. The van der Waals surface area contributed by atoms with Gasteiger partial charge in [0.2, 0.25) is 0 Å². The van der Waals surface area contributed by atoms with Crippen molar-refractivity contribution < 1.29 is 24.2 Å². The predicted octanol–water partition coefficient (Wildman–Crippen LogP) is 16.1. The van der Waals surface area contributed by atoms with Gasteiger partial charge >= 0.3 is 112 Å². The molecule has 0 saturated heterocycles. The second-order valence-electron chi connectivity index (χ2n) is 21.1. The summed E-state index contributed by atoms with van der Waals surface area (Å²) in [4.78, 5) is 0. The maximum atomic E-state index is 2.99. The van der Waals surface area contributed by atoms with Gasteiger partial charge in [-0.15, -0.1) is 71.0 Å². The van der Waals surface area contributed by atoms with Crippen LogP contribution in [0.15, 0.2) is 158 Å². The van der Waals surface area contributed by atoms with Crippen LogP contribution in [0.2, 0.25) is 39.3 Å². The van der Waals surface area contributed by atoms with Crippen LogP contribution in [-0.4, -0.2) is 19.4 Å². The topological polar surface area (TPSA) is 0 Å². The first-order chi connectivity index (χ1) is 29.2. The molecular formula is C59H70Cl2Si2Zr. The molecule has 0 spiro atoms. The summed E-state index contributed by atoms with van der Waals surface area (Å²) in [5.74, 6) is 0. The van der Waals surface area contributed by atoms with Gasteiger partial charge in [0.15, 0.2) is 0 Å². The van der Waals surface area contributed by atoms with Crippen LogP contribution in [0.5, 0.6) is 0 Å².